The van der Waals surface area contributed by atoms with Gasteiger partial charge < -0.3 is 9.80 Å². The molecule has 0 bridgehead atoms. The average Bonchev–Trinajstić information content (AvgIpc) is 3.08. The molecule has 0 N–H and O–H groups in total. The molecule has 1 saturated heterocycles. The number of hydrogen-bond donors (Lipinski definition) is 0. The van der Waals surface area contributed by atoms with Gasteiger partial charge in [-0.15, -0.1) is 0 Å². The van der Waals surface area contributed by atoms with Crippen LogP contribution in [0.5, 0.6) is 0 Å². The Hall–Kier alpha value is -2.70. The van der Waals surface area contributed by atoms with E-state index in [1.165, 1.54) is 0 Å². The fourth-order valence-corrected chi connectivity index (χ4v) is 4.53. The first-order valence-corrected chi connectivity index (χ1v) is 10.5. The van der Waals surface area contributed by atoms with Crippen LogP contribution in [0.25, 0.3) is 0 Å². The molecule has 2 aromatic rings. The molecule has 2 aliphatic rings. The van der Waals surface area contributed by atoms with E-state index in [4.69, 9.17) is 0 Å². The van der Waals surface area contributed by atoms with E-state index in [1.54, 1.807) is 29.9 Å². The normalized spacial score (nSPS) is 19.0. The number of nitrogens with zero attached hydrogens (tertiary/aromatic N) is 5. The van der Waals surface area contributed by atoms with Gasteiger partial charge >= 0.3 is 0 Å². The molecule has 29 heavy (non-hydrogen) atoms. The lowest BCUT2D eigenvalue weighted by molar-refractivity contribution is 0.0693. The first kappa shape index (κ1) is 19.6. The lowest BCUT2D eigenvalue weighted by atomic mass is 9.92. The van der Waals surface area contributed by atoms with E-state index < -0.39 is 0 Å². The van der Waals surface area contributed by atoms with E-state index in [-0.39, 0.29) is 17.7 Å². The Morgan fingerprint density at radius 2 is 1.93 bits per heavy atom. The zero-order valence-corrected chi connectivity index (χ0v) is 17.5. The van der Waals surface area contributed by atoms with E-state index in [0.29, 0.717) is 12.1 Å². The number of rotatable bonds is 3. The summed E-state index contributed by atoms with van der Waals surface area (Å²) in [5.41, 5.74) is 4.54. The molecule has 0 saturated carbocycles. The minimum atomic E-state index is -0.0505. The van der Waals surface area contributed by atoms with Gasteiger partial charge in [0.25, 0.3) is 11.8 Å². The Labute approximate surface area is 171 Å². The van der Waals surface area contributed by atoms with E-state index in [2.05, 4.69) is 10.1 Å². The van der Waals surface area contributed by atoms with Crippen molar-refractivity contribution in [2.45, 2.75) is 44.4 Å². The standard InChI is InChI=1S/C22H29N5O2/c1-25(2)21(28)15-10-11-18(23-13-15)16-7-6-12-27(14-16)22(29)20-17-8-4-5-9-19(17)24-26(20)3/h10-11,13,16H,4-9,12,14H2,1-3H3/t16-/m0/s1. The van der Waals surface area contributed by atoms with Crippen molar-refractivity contribution in [3.8, 4) is 0 Å². The topological polar surface area (TPSA) is 71.3 Å². The van der Waals surface area contributed by atoms with Gasteiger partial charge in [0.2, 0.25) is 0 Å². The van der Waals surface area contributed by atoms with Crippen molar-refractivity contribution in [2.24, 2.45) is 7.05 Å². The van der Waals surface area contributed by atoms with Crippen molar-refractivity contribution in [3.63, 3.8) is 0 Å². The summed E-state index contributed by atoms with van der Waals surface area (Å²) in [5, 5.41) is 4.61. The van der Waals surface area contributed by atoms with Crippen LogP contribution in [0.4, 0.5) is 0 Å². The Kier molecular flexibility index (Phi) is 5.39. The fraction of sp³-hybridized carbons (Fsp3) is 0.545. The number of piperidine rings is 1. The molecule has 1 fully saturated rings. The smallest absolute Gasteiger partial charge is 0.272 e. The fourth-order valence-electron chi connectivity index (χ4n) is 4.53. The lowest BCUT2D eigenvalue weighted by Crippen LogP contribution is -2.40. The molecule has 1 atom stereocenters. The van der Waals surface area contributed by atoms with Crippen LogP contribution in [0.2, 0.25) is 0 Å². The van der Waals surface area contributed by atoms with Crippen LogP contribution in [0.1, 0.15) is 69.4 Å². The highest BCUT2D eigenvalue weighted by Gasteiger charge is 2.31. The monoisotopic (exact) mass is 395 g/mol. The van der Waals surface area contributed by atoms with Gasteiger partial charge in [0.1, 0.15) is 5.69 Å². The number of carbonyl (C=O) groups excluding carboxylic acids is 2. The van der Waals surface area contributed by atoms with Crippen molar-refractivity contribution < 1.29 is 9.59 Å². The maximum absolute atomic E-state index is 13.3. The van der Waals surface area contributed by atoms with Crippen LogP contribution in [-0.4, -0.2) is 63.6 Å². The number of aryl methyl sites for hydroxylation is 2. The molecular weight excluding hydrogens is 366 g/mol. The Balaban J connectivity index is 1.51. The molecule has 0 spiro atoms. The second kappa shape index (κ2) is 7.97. The summed E-state index contributed by atoms with van der Waals surface area (Å²) in [6, 6.07) is 3.77. The van der Waals surface area contributed by atoms with Gasteiger partial charge in [-0.05, 0) is 50.7 Å². The zero-order valence-electron chi connectivity index (χ0n) is 17.5. The Bertz CT molecular complexity index is 916. The molecule has 3 heterocycles. The third kappa shape index (κ3) is 3.78. The van der Waals surface area contributed by atoms with E-state index in [0.717, 1.165) is 67.7 Å². The molecule has 1 aliphatic heterocycles. The molecular formula is C22H29N5O2. The number of likely N-dealkylation sites (tertiary alicyclic amines) is 1. The molecule has 7 nitrogen and oxygen atoms in total. The summed E-state index contributed by atoms with van der Waals surface area (Å²) in [6.07, 6.45) is 7.81. The van der Waals surface area contributed by atoms with Crippen LogP contribution in [0.3, 0.4) is 0 Å². The third-order valence-electron chi connectivity index (χ3n) is 6.09. The van der Waals surface area contributed by atoms with Crippen LogP contribution in [0, 0.1) is 0 Å². The van der Waals surface area contributed by atoms with Crippen molar-refractivity contribution in [1.82, 2.24) is 24.6 Å². The van der Waals surface area contributed by atoms with Crippen molar-refractivity contribution in [1.29, 1.82) is 0 Å². The molecule has 0 aromatic carbocycles. The second-order valence-corrected chi connectivity index (χ2v) is 8.37. The van der Waals surface area contributed by atoms with Crippen molar-refractivity contribution >= 4 is 11.8 Å². The van der Waals surface area contributed by atoms with Crippen molar-refractivity contribution in [3.05, 3.63) is 46.5 Å². The SMILES string of the molecule is CN(C)C(=O)c1ccc([C@H]2CCCN(C(=O)c3c4c(nn3C)CCCC4)C2)nc1. The zero-order chi connectivity index (χ0) is 20.5. The predicted molar refractivity (Wildman–Crippen MR) is 110 cm³/mol. The summed E-state index contributed by atoms with van der Waals surface area (Å²) in [4.78, 5) is 33.5. The Morgan fingerprint density at radius 1 is 1.14 bits per heavy atom. The third-order valence-corrected chi connectivity index (χ3v) is 6.09. The maximum Gasteiger partial charge on any atom is 0.272 e. The highest BCUT2D eigenvalue weighted by molar-refractivity contribution is 5.94. The van der Waals surface area contributed by atoms with E-state index >= 15 is 0 Å². The highest BCUT2D eigenvalue weighted by atomic mass is 16.2. The minimum absolute atomic E-state index is 0.0505. The van der Waals surface area contributed by atoms with Gasteiger partial charge in [-0.2, -0.15) is 5.10 Å². The number of pyridine rings is 1. The highest BCUT2D eigenvalue weighted by Crippen LogP contribution is 2.29. The molecule has 7 heteroatoms. The van der Waals surface area contributed by atoms with Gasteiger partial charge in [-0.25, -0.2) is 0 Å². The summed E-state index contributed by atoms with van der Waals surface area (Å²) in [6.45, 7) is 1.43. The molecule has 0 unspecified atom stereocenters. The molecule has 2 amide bonds. The first-order chi connectivity index (χ1) is 14.0. The number of hydrogen-bond acceptors (Lipinski definition) is 4. The molecule has 1 aliphatic carbocycles. The largest absolute Gasteiger partial charge is 0.345 e. The summed E-state index contributed by atoms with van der Waals surface area (Å²) in [7, 11) is 5.35. The summed E-state index contributed by atoms with van der Waals surface area (Å²) >= 11 is 0. The van der Waals surface area contributed by atoms with Crippen LogP contribution < -0.4 is 0 Å². The number of fused-ring (bicyclic) bond motifs is 1. The van der Waals surface area contributed by atoms with Gasteiger partial charge in [0.05, 0.1) is 11.3 Å². The lowest BCUT2D eigenvalue weighted by Gasteiger charge is -2.33. The van der Waals surface area contributed by atoms with Gasteiger partial charge in [-0.1, -0.05) is 0 Å². The molecule has 4 rings (SSSR count). The predicted octanol–water partition coefficient (Wildman–Crippen LogP) is 2.42. The van der Waals surface area contributed by atoms with Crippen LogP contribution in [0.15, 0.2) is 18.3 Å². The molecule has 154 valence electrons. The quantitative estimate of drug-likeness (QED) is 0.800. The number of carbonyl (C=O) groups is 2. The molecule has 2 aromatic heterocycles. The van der Waals surface area contributed by atoms with Gasteiger partial charge in [-0.3, -0.25) is 19.3 Å². The summed E-state index contributed by atoms with van der Waals surface area (Å²) in [5.74, 6) is 0.234. The van der Waals surface area contributed by atoms with Gasteiger partial charge in [0, 0.05) is 57.6 Å². The number of amides is 2. The van der Waals surface area contributed by atoms with Gasteiger partial charge in [0.15, 0.2) is 0 Å². The van der Waals surface area contributed by atoms with Crippen LogP contribution in [-0.2, 0) is 19.9 Å². The van der Waals surface area contributed by atoms with Crippen molar-refractivity contribution in [2.75, 3.05) is 27.2 Å². The summed E-state index contributed by atoms with van der Waals surface area (Å²) < 4.78 is 1.78. The maximum atomic E-state index is 13.3. The average molecular weight is 396 g/mol. The minimum Gasteiger partial charge on any atom is -0.345 e. The van der Waals surface area contributed by atoms with E-state index in [9.17, 15) is 9.59 Å². The first-order valence-electron chi connectivity index (χ1n) is 10.5. The molecule has 0 radical (unpaired) electrons. The Morgan fingerprint density at radius 3 is 2.66 bits per heavy atom. The second-order valence-electron chi connectivity index (χ2n) is 8.37. The van der Waals surface area contributed by atoms with Crippen LogP contribution >= 0.6 is 0 Å². The number of aromatic nitrogens is 3. The van der Waals surface area contributed by atoms with E-state index in [1.807, 2.05) is 24.1 Å².